The number of benzene rings is 4. The number of hydrogen-bond acceptors (Lipinski definition) is 5. The van der Waals surface area contributed by atoms with Gasteiger partial charge >= 0.3 is 0 Å². The number of carbonyl (C=O) groups excluding carboxylic acids is 2. The zero-order chi connectivity index (χ0) is 30.5. The Morgan fingerprint density at radius 3 is 2.42 bits per heavy atom. The molecule has 5 rings (SSSR count). The number of para-hydroxylation sites is 1. The lowest BCUT2D eigenvalue weighted by Gasteiger charge is -2.19. The second kappa shape index (κ2) is 12.8. The Bertz CT molecular complexity index is 1840. The number of nitrogens with zero attached hydrogens (tertiary/aromatic N) is 1. The van der Waals surface area contributed by atoms with Crippen molar-refractivity contribution in [1.29, 1.82) is 0 Å². The summed E-state index contributed by atoms with van der Waals surface area (Å²) in [7, 11) is 1.59. The molecule has 0 bridgehead atoms. The van der Waals surface area contributed by atoms with Gasteiger partial charge in [-0.1, -0.05) is 72.8 Å². The second-order valence-corrected chi connectivity index (χ2v) is 10.6. The minimum Gasteiger partial charge on any atom is -0.487 e. The first-order chi connectivity index (χ1) is 20.8. The first-order valence-corrected chi connectivity index (χ1v) is 14.2. The summed E-state index contributed by atoms with van der Waals surface area (Å²) >= 11 is 0. The standard InChI is InChI=1S/C37H35N3O3/c1-23-12-20-29(25(3)32(23)22-43-34-11-7-8-27-17-13-24(2)40-36(27)34)30-9-5-6-10-31(30)35(38)33(41)21-16-26-14-18-28(19-15-26)37(42)39-4/h5-21,35H,22,38H2,1-4H3,(H,39,42)/b21-16+. The van der Waals surface area contributed by atoms with E-state index in [2.05, 4.69) is 37.4 Å². The molecular weight excluding hydrogens is 534 g/mol. The van der Waals surface area contributed by atoms with Gasteiger partial charge in [0.25, 0.3) is 5.91 Å². The molecule has 6 heteroatoms. The van der Waals surface area contributed by atoms with Gasteiger partial charge in [0.2, 0.25) is 0 Å². The zero-order valence-corrected chi connectivity index (χ0v) is 24.8. The van der Waals surface area contributed by atoms with E-state index in [0.717, 1.165) is 61.3 Å². The number of aromatic nitrogens is 1. The minimum absolute atomic E-state index is 0.160. The Morgan fingerprint density at radius 1 is 0.884 bits per heavy atom. The molecule has 1 heterocycles. The van der Waals surface area contributed by atoms with Crippen LogP contribution in [-0.2, 0) is 11.4 Å². The molecule has 43 heavy (non-hydrogen) atoms. The highest BCUT2D eigenvalue weighted by molar-refractivity contribution is 5.99. The van der Waals surface area contributed by atoms with Crippen molar-refractivity contribution in [3.05, 3.63) is 136 Å². The molecule has 4 aromatic carbocycles. The lowest BCUT2D eigenvalue weighted by Crippen LogP contribution is -2.20. The first kappa shape index (κ1) is 29.4. The third-order valence-electron chi connectivity index (χ3n) is 7.76. The zero-order valence-electron chi connectivity index (χ0n) is 24.8. The van der Waals surface area contributed by atoms with Crippen LogP contribution in [0.3, 0.4) is 0 Å². The molecule has 0 fully saturated rings. The molecule has 0 aliphatic heterocycles. The number of rotatable bonds is 9. The van der Waals surface area contributed by atoms with E-state index in [1.54, 1.807) is 37.4 Å². The maximum absolute atomic E-state index is 13.2. The SMILES string of the molecule is CNC(=O)c1ccc(/C=C/C(=O)C(N)c2ccccc2-c2ccc(C)c(COc3cccc4ccc(C)nc34)c2C)cc1. The molecule has 5 aromatic rings. The van der Waals surface area contributed by atoms with E-state index in [1.165, 1.54) is 6.08 Å². The van der Waals surface area contributed by atoms with Crippen molar-refractivity contribution in [2.45, 2.75) is 33.4 Å². The third kappa shape index (κ3) is 6.40. The number of pyridine rings is 1. The first-order valence-electron chi connectivity index (χ1n) is 14.2. The highest BCUT2D eigenvalue weighted by Crippen LogP contribution is 2.34. The van der Waals surface area contributed by atoms with Crippen molar-refractivity contribution in [3.63, 3.8) is 0 Å². The number of carbonyl (C=O) groups is 2. The molecular formula is C37H35N3O3. The van der Waals surface area contributed by atoms with Crippen LogP contribution in [0.25, 0.3) is 28.1 Å². The largest absolute Gasteiger partial charge is 0.487 e. The number of ketones is 1. The smallest absolute Gasteiger partial charge is 0.251 e. The molecule has 0 aliphatic rings. The van der Waals surface area contributed by atoms with Gasteiger partial charge in [0.15, 0.2) is 5.78 Å². The Hall–Kier alpha value is -5.07. The molecule has 3 N–H and O–H groups in total. The molecule has 1 atom stereocenters. The molecule has 6 nitrogen and oxygen atoms in total. The summed E-state index contributed by atoms with van der Waals surface area (Å²) in [6.45, 7) is 6.52. The molecule has 216 valence electrons. The number of aryl methyl sites for hydroxylation is 2. The van der Waals surface area contributed by atoms with Crippen molar-refractivity contribution >= 4 is 28.7 Å². The van der Waals surface area contributed by atoms with Crippen LogP contribution in [0.15, 0.2) is 97.1 Å². The van der Waals surface area contributed by atoms with E-state index in [9.17, 15) is 9.59 Å². The van der Waals surface area contributed by atoms with Crippen LogP contribution in [0, 0.1) is 20.8 Å². The van der Waals surface area contributed by atoms with Crippen LogP contribution in [-0.4, -0.2) is 23.7 Å². The molecule has 0 radical (unpaired) electrons. The average molecular weight is 570 g/mol. The molecule has 1 unspecified atom stereocenters. The van der Waals surface area contributed by atoms with Gasteiger partial charge in [0.1, 0.15) is 17.9 Å². The molecule has 1 amide bonds. The van der Waals surface area contributed by atoms with Crippen LogP contribution >= 0.6 is 0 Å². The summed E-state index contributed by atoms with van der Waals surface area (Å²) in [5, 5.41) is 3.63. The molecule has 1 aromatic heterocycles. The van der Waals surface area contributed by atoms with Gasteiger partial charge in [0, 0.05) is 23.7 Å². The van der Waals surface area contributed by atoms with Crippen LogP contribution in [0.4, 0.5) is 0 Å². The summed E-state index contributed by atoms with van der Waals surface area (Å²) in [6, 6.07) is 28.1. The van der Waals surface area contributed by atoms with Gasteiger partial charge in [-0.15, -0.1) is 0 Å². The van der Waals surface area contributed by atoms with E-state index < -0.39 is 6.04 Å². The fraction of sp³-hybridized carbons (Fsp3) is 0.162. The molecule has 0 saturated heterocycles. The number of amides is 1. The van der Waals surface area contributed by atoms with E-state index in [-0.39, 0.29) is 11.7 Å². The van der Waals surface area contributed by atoms with Crippen LogP contribution in [0.2, 0.25) is 0 Å². The maximum atomic E-state index is 13.2. The summed E-state index contributed by atoms with van der Waals surface area (Å²) < 4.78 is 6.36. The highest BCUT2D eigenvalue weighted by atomic mass is 16.5. The Balaban J connectivity index is 1.40. The van der Waals surface area contributed by atoms with Gasteiger partial charge in [-0.2, -0.15) is 0 Å². The number of hydrogen-bond donors (Lipinski definition) is 2. The summed E-state index contributed by atoms with van der Waals surface area (Å²) in [4.78, 5) is 29.7. The fourth-order valence-corrected chi connectivity index (χ4v) is 5.23. The van der Waals surface area contributed by atoms with Crippen molar-refractivity contribution in [2.75, 3.05) is 7.05 Å². The Morgan fingerprint density at radius 2 is 1.65 bits per heavy atom. The topological polar surface area (TPSA) is 94.3 Å². The number of ether oxygens (including phenoxy) is 1. The Kier molecular flexibility index (Phi) is 8.79. The van der Waals surface area contributed by atoms with Crippen LogP contribution in [0.5, 0.6) is 5.75 Å². The van der Waals surface area contributed by atoms with Crippen molar-refractivity contribution in [3.8, 4) is 16.9 Å². The molecule has 0 aliphatic carbocycles. The van der Waals surface area contributed by atoms with Gasteiger partial charge in [0.05, 0.1) is 6.04 Å². The quantitative estimate of drug-likeness (QED) is 0.186. The van der Waals surface area contributed by atoms with Gasteiger partial charge in [-0.25, -0.2) is 4.98 Å². The van der Waals surface area contributed by atoms with Gasteiger partial charge < -0.3 is 15.8 Å². The average Bonchev–Trinajstić information content (AvgIpc) is 3.03. The lowest BCUT2D eigenvalue weighted by atomic mass is 9.88. The predicted octanol–water partition coefficient (Wildman–Crippen LogP) is 7.05. The number of nitrogens with two attached hydrogens (primary N) is 1. The monoisotopic (exact) mass is 569 g/mol. The van der Waals surface area contributed by atoms with E-state index >= 15 is 0 Å². The fourth-order valence-electron chi connectivity index (χ4n) is 5.23. The molecule has 0 saturated carbocycles. The summed E-state index contributed by atoms with van der Waals surface area (Å²) in [5.74, 6) is 0.371. The van der Waals surface area contributed by atoms with Crippen molar-refractivity contribution < 1.29 is 14.3 Å². The lowest BCUT2D eigenvalue weighted by molar-refractivity contribution is -0.115. The second-order valence-electron chi connectivity index (χ2n) is 10.6. The normalized spacial score (nSPS) is 11.9. The maximum Gasteiger partial charge on any atom is 0.251 e. The summed E-state index contributed by atoms with van der Waals surface area (Å²) in [6.07, 6.45) is 3.21. The van der Waals surface area contributed by atoms with E-state index in [1.807, 2.05) is 55.5 Å². The predicted molar refractivity (Wildman–Crippen MR) is 173 cm³/mol. The van der Waals surface area contributed by atoms with Crippen molar-refractivity contribution in [1.82, 2.24) is 10.3 Å². The summed E-state index contributed by atoms with van der Waals surface area (Å²) in [5.41, 5.74) is 15.6. The third-order valence-corrected chi connectivity index (χ3v) is 7.76. The Labute approximate surface area is 252 Å². The van der Waals surface area contributed by atoms with Gasteiger partial charge in [-0.05, 0) is 90.1 Å². The van der Waals surface area contributed by atoms with Crippen molar-refractivity contribution in [2.24, 2.45) is 5.73 Å². The van der Waals surface area contributed by atoms with E-state index in [4.69, 9.17) is 15.5 Å². The van der Waals surface area contributed by atoms with Crippen LogP contribution in [0.1, 0.15) is 49.9 Å². The molecule has 0 spiro atoms. The van der Waals surface area contributed by atoms with Gasteiger partial charge in [-0.3, -0.25) is 9.59 Å². The van der Waals surface area contributed by atoms with Crippen LogP contribution < -0.4 is 15.8 Å². The minimum atomic E-state index is -0.844. The highest BCUT2D eigenvalue weighted by Gasteiger charge is 2.20. The number of nitrogens with one attached hydrogen (secondary N) is 1. The number of fused-ring (bicyclic) bond motifs is 1. The van der Waals surface area contributed by atoms with E-state index in [0.29, 0.717) is 12.2 Å².